The first kappa shape index (κ1) is 19.4. The van der Waals surface area contributed by atoms with Crippen LogP contribution in [0.15, 0.2) is 53.5 Å². The second-order valence-electron chi connectivity index (χ2n) is 5.91. The molecule has 6 heteroatoms. The Kier molecular flexibility index (Phi) is 6.86. The molecule has 138 valence electrons. The highest BCUT2D eigenvalue weighted by Crippen LogP contribution is 2.20. The van der Waals surface area contributed by atoms with Crippen molar-refractivity contribution in [3.05, 3.63) is 64.7 Å². The van der Waals surface area contributed by atoms with Crippen LogP contribution in [0.3, 0.4) is 0 Å². The Bertz CT molecular complexity index is 1030. The van der Waals surface area contributed by atoms with Crippen LogP contribution < -0.4 is 4.80 Å². The van der Waals surface area contributed by atoms with Crippen LogP contribution in [-0.2, 0) is 17.1 Å². The fourth-order valence-corrected chi connectivity index (χ4v) is 4.64. The molecule has 0 aliphatic heterocycles. The number of halogens is 1. The molecule has 1 heterocycles. The first-order valence-corrected chi connectivity index (χ1v) is 10.6. The van der Waals surface area contributed by atoms with E-state index < -0.39 is 0 Å². The zero-order valence-electron chi connectivity index (χ0n) is 14.7. The van der Waals surface area contributed by atoms with Crippen molar-refractivity contribution in [3.8, 4) is 12.3 Å². The molecular weight excluding hydrogens is 379 g/mol. The molecule has 2 aromatic carbocycles. The van der Waals surface area contributed by atoms with E-state index in [2.05, 4.69) is 23.0 Å². The van der Waals surface area contributed by atoms with E-state index in [1.54, 1.807) is 28.5 Å². The van der Waals surface area contributed by atoms with Crippen LogP contribution in [0, 0.1) is 18.2 Å². The monoisotopic (exact) mass is 398 g/mol. The largest absolute Gasteiger partial charge is 0.302 e. The first-order chi connectivity index (χ1) is 13.2. The normalized spacial score (nSPS) is 11.6. The smallest absolute Gasteiger partial charge is 0.248 e. The van der Waals surface area contributed by atoms with Crippen LogP contribution in [0.1, 0.15) is 18.4 Å². The number of nitrogens with zero attached hydrogens (tertiary/aromatic N) is 2. The van der Waals surface area contributed by atoms with Gasteiger partial charge in [-0.05, 0) is 29.9 Å². The van der Waals surface area contributed by atoms with Crippen LogP contribution in [0.25, 0.3) is 10.2 Å². The van der Waals surface area contributed by atoms with Gasteiger partial charge in [-0.2, -0.15) is 16.8 Å². The van der Waals surface area contributed by atoms with Gasteiger partial charge in [-0.25, -0.2) is 4.39 Å². The highest BCUT2D eigenvalue weighted by atomic mass is 32.2. The van der Waals surface area contributed by atoms with Crippen molar-refractivity contribution in [2.75, 3.05) is 5.75 Å². The summed E-state index contributed by atoms with van der Waals surface area (Å²) in [5.41, 5.74) is 1.69. The molecule has 0 saturated heterocycles. The van der Waals surface area contributed by atoms with Crippen molar-refractivity contribution in [2.24, 2.45) is 4.99 Å². The van der Waals surface area contributed by atoms with E-state index in [1.165, 1.54) is 23.0 Å². The molecule has 3 nitrogen and oxygen atoms in total. The lowest BCUT2D eigenvalue weighted by Gasteiger charge is -2.01. The molecule has 0 atom stereocenters. The average molecular weight is 399 g/mol. The summed E-state index contributed by atoms with van der Waals surface area (Å²) in [6.07, 6.45) is 6.53. The number of thioether (sulfide) groups is 1. The van der Waals surface area contributed by atoms with E-state index >= 15 is 0 Å². The maximum Gasteiger partial charge on any atom is 0.248 e. The second kappa shape index (κ2) is 9.54. The van der Waals surface area contributed by atoms with Gasteiger partial charge in [-0.1, -0.05) is 53.7 Å². The van der Waals surface area contributed by atoms with E-state index in [0.29, 0.717) is 16.7 Å². The lowest BCUT2D eigenvalue weighted by Crippen LogP contribution is -2.17. The minimum atomic E-state index is -0.356. The number of hydrogen-bond acceptors (Lipinski definition) is 3. The topological polar surface area (TPSA) is 34.4 Å². The molecule has 1 amide bonds. The maximum atomic E-state index is 14.1. The van der Waals surface area contributed by atoms with E-state index in [-0.39, 0.29) is 18.3 Å². The van der Waals surface area contributed by atoms with Gasteiger partial charge in [-0.15, -0.1) is 6.42 Å². The van der Waals surface area contributed by atoms with Gasteiger partial charge < -0.3 is 4.57 Å². The van der Waals surface area contributed by atoms with Gasteiger partial charge in [0, 0.05) is 12.2 Å². The molecule has 1 aromatic heterocycles. The highest BCUT2D eigenvalue weighted by Gasteiger charge is 2.11. The molecule has 0 aliphatic rings. The van der Waals surface area contributed by atoms with E-state index in [1.807, 2.05) is 18.2 Å². The van der Waals surface area contributed by atoms with Gasteiger partial charge in [0.05, 0.1) is 16.8 Å². The Morgan fingerprint density at radius 3 is 2.81 bits per heavy atom. The molecule has 0 unspecified atom stereocenters. The van der Waals surface area contributed by atoms with Crippen LogP contribution in [0.5, 0.6) is 0 Å². The Labute approximate surface area is 166 Å². The Morgan fingerprint density at radius 1 is 1.22 bits per heavy atom. The summed E-state index contributed by atoms with van der Waals surface area (Å²) in [6, 6.07) is 15.1. The molecule has 3 rings (SSSR count). The number of benzene rings is 2. The van der Waals surface area contributed by atoms with E-state index in [9.17, 15) is 9.18 Å². The molecule has 0 radical (unpaired) electrons. The van der Waals surface area contributed by atoms with E-state index in [4.69, 9.17) is 6.42 Å². The van der Waals surface area contributed by atoms with Gasteiger partial charge >= 0.3 is 0 Å². The fraction of sp³-hybridized carbons (Fsp3) is 0.238. The molecular formula is C21H19FN2OS2. The Morgan fingerprint density at radius 2 is 2.04 bits per heavy atom. The molecule has 0 fully saturated rings. The van der Waals surface area contributed by atoms with Gasteiger partial charge in [0.25, 0.3) is 0 Å². The molecule has 0 spiro atoms. The maximum absolute atomic E-state index is 14.1. The number of terminal acetylenes is 1. The number of carbonyl (C=O) groups is 1. The van der Waals surface area contributed by atoms with Crippen LogP contribution in [-0.4, -0.2) is 16.2 Å². The van der Waals surface area contributed by atoms with Crippen molar-refractivity contribution in [2.45, 2.75) is 25.1 Å². The van der Waals surface area contributed by atoms with Crippen molar-refractivity contribution < 1.29 is 9.18 Å². The summed E-state index contributed by atoms with van der Waals surface area (Å²) in [6.45, 7) is 0.181. The predicted octanol–water partition coefficient (Wildman–Crippen LogP) is 4.62. The lowest BCUT2D eigenvalue weighted by atomic mass is 10.2. The lowest BCUT2D eigenvalue weighted by molar-refractivity contribution is -0.118. The summed E-state index contributed by atoms with van der Waals surface area (Å²) < 4.78 is 16.5. The Balaban J connectivity index is 1.62. The van der Waals surface area contributed by atoms with Gasteiger partial charge in [0.2, 0.25) is 5.91 Å². The first-order valence-electron chi connectivity index (χ1n) is 8.59. The molecule has 27 heavy (non-hydrogen) atoms. The zero-order chi connectivity index (χ0) is 19.1. The SMILES string of the molecule is C#CCn1c(=NC(=O)CCCSCc2ccccc2)sc2cccc(F)c21. The van der Waals surface area contributed by atoms with E-state index in [0.717, 1.165) is 22.6 Å². The molecule has 0 N–H and O–H groups in total. The van der Waals surface area contributed by atoms with Crippen molar-refractivity contribution in [1.82, 2.24) is 4.57 Å². The third-order valence-corrected chi connectivity index (χ3v) is 6.07. The zero-order valence-corrected chi connectivity index (χ0v) is 16.4. The van der Waals surface area contributed by atoms with Crippen molar-refractivity contribution in [1.29, 1.82) is 0 Å². The quantitative estimate of drug-likeness (QED) is 0.430. The number of thiazole rings is 1. The average Bonchev–Trinajstić information content (AvgIpc) is 3.01. The summed E-state index contributed by atoms with van der Waals surface area (Å²) in [5, 5.41) is 0. The number of rotatable bonds is 7. The molecule has 0 bridgehead atoms. The highest BCUT2D eigenvalue weighted by molar-refractivity contribution is 7.98. The number of fused-ring (bicyclic) bond motifs is 1. The minimum absolute atomic E-state index is 0.181. The summed E-state index contributed by atoms with van der Waals surface area (Å²) >= 11 is 3.08. The predicted molar refractivity (Wildman–Crippen MR) is 111 cm³/mol. The number of aromatic nitrogens is 1. The summed E-state index contributed by atoms with van der Waals surface area (Å²) in [4.78, 5) is 16.9. The number of amides is 1. The van der Waals surface area contributed by atoms with Crippen molar-refractivity contribution >= 4 is 39.2 Å². The van der Waals surface area contributed by atoms with Gasteiger partial charge in [-0.3, -0.25) is 4.79 Å². The molecule has 0 aliphatic carbocycles. The van der Waals surface area contributed by atoms with Gasteiger partial charge in [0.15, 0.2) is 4.80 Å². The Hall–Kier alpha value is -2.36. The van der Waals surface area contributed by atoms with Crippen LogP contribution >= 0.6 is 23.1 Å². The van der Waals surface area contributed by atoms with Gasteiger partial charge in [0.1, 0.15) is 5.82 Å². The summed E-state index contributed by atoms with van der Waals surface area (Å²) in [7, 11) is 0. The van der Waals surface area contributed by atoms with Crippen LogP contribution in [0.4, 0.5) is 4.39 Å². The standard InChI is InChI=1S/C21H19FN2OS2/c1-2-13-24-20-17(22)10-6-11-18(20)27-21(24)23-19(25)12-7-14-26-15-16-8-4-3-5-9-16/h1,3-6,8-11H,7,12-15H2. The third kappa shape index (κ3) is 5.09. The summed E-state index contributed by atoms with van der Waals surface area (Å²) in [5.74, 6) is 3.77. The fourth-order valence-electron chi connectivity index (χ4n) is 2.66. The minimum Gasteiger partial charge on any atom is -0.302 e. The number of para-hydroxylation sites is 1. The molecule has 0 saturated carbocycles. The van der Waals surface area contributed by atoms with Crippen molar-refractivity contribution in [3.63, 3.8) is 0 Å². The van der Waals surface area contributed by atoms with Crippen LogP contribution in [0.2, 0.25) is 0 Å². The number of hydrogen-bond donors (Lipinski definition) is 0. The molecule has 3 aromatic rings. The number of carbonyl (C=O) groups excluding carboxylic acids is 1. The second-order valence-corrected chi connectivity index (χ2v) is 8.02. The third-order valence-electron chi connectivity index (χ3n) is 3.91.